The van der Waals surface area contributed by atoms with Crippen molar-refractivity contribution in [1.82, 2.24) is 4.90 Å². The lowest BCUT2D eigenvalue weighted by atomic mass is 10.1. The van der Waals surface area contributed by atoms with Crippen LogP contribution in [0.3, 0.4) is 0 Å². The lowest BCUT2D eigenvalue weighted by Crippen LogP contribution is -2.32. The number of ether oxygens (including phenoxy) is 2. The van der Waals surface area contributed by atoms with Crippen LogP contribution in [0.15, 0.2) is 48.5 Å². The van der Waals surface area contributed by atoms with E-state index in [1.165, 1.54) is 0 Å². The number of amides is 2. The number of hydrogen-bond donors (Lipinski definition) is 0. The molecule has 6 nitrogen and oxygen atoms in total. The lowest BCUT2D eigenvalue weighted by Gasteiger charge is -2.14. The fourth-order valence-electron chi connectivity index (χ4n) is 2.68. The SMILES string of the molecule is CCCOc1ccccc1OC(=O)CCN1C(=O)c2ccccc2C1=O. The van der Waals surface area contributed by atoms with Gasteiger partial charge in [0.1, 0.15) is 0 Å². The van der Waals surface area contributed by atoms with Gasteiger partial charge in [0, 0.05) is 6.54 Å². The van der Waals surface area contributed by atoms with Crippen molar-refractivity contribution in [3.63, 3.8) is 0 Å². The van der Waals surface area contributed by atoms with Gasteiger partial charge in [-0.15, -0.1) is 0 Å². The number of nitrogens with zero attached hydrogens (tertiary/aromatic N) is 1. The van der Waals surface area contributed by atoms with Gasteiger partial charge in [0.2, 0.25) is 0 Å². The minimum Gasteiger partial charge on any atom is -0.490 e. The molecule has 2 amide bonds. The molecule has 26 heavy (non-hydrogen) atoms. The second-order valence-electron chi connectivity index (χ2n) is 5.83. The molecular formula is C20H19NO5. The van der Waals surface area contributed by atoms with E-state index in [2.05, 4.69) is 0 Å². The van der Waals surface area contributed by atoms with E-state index in [1.807, 2.05) is 6.92 Å². The Labute approximate surface area is 151 Å². The summed E-state index contributed by atoms with van der Waals surface area (Å²) in [6.45, 7) is 2.48. The third-order valence-corrected chi connectivity index (χ3v) is 3.95. The number of imide groups is 1. The number of esters is 1. The molecule has 0 saturated heterocycles. The van der Waals surface area contributed by atoms with E-state index in [0.717, 1.165) is 11.3 Å². The minimum atomic E-state index is -0.533. The van der Waals surface area contributed by atoms with E-state index in [-0.39, 0.29) is 24.8 Å². The Morgan fingerprint density at radius 3 is 2.12 bits per heavy atom. The Kier molecular flexibility index (Phi) is 5.31. The zero-order valence-electron chi connectivity index (χ0n) is 14.4. The molecule has 2 aromatic rings. The molecule has 1 aliphatic heterocycles. The predicted molar refractivity (Wildman–Crippen MR) is 94.3 cm³/mol. The highest BCUT2D eigenvalue weighted by Gasteiger charge is 2.35. The standard InChI is InChI=1S/C20H19NO5/c1-2-13-25-16-9-5-6-10-17(16)26-18(22)11-12-21-19(23)14-7-3-4-8-15(14)20(21)24/h3-10H,2,11-13H2,1H3. The van der Waals surface area contributed by atoms with Crippen molar-refractivity contribution in [1.29, 1.82) is 0 Å². The number of carbonyl (C=O) groups excluding carboxylic acids is 3. The predicted octanol–water partition coefficient (Wildman–Crippen LogP) is 3.07. The Balaban J connectivity index is 1.61. The first-order valence-corrected chi connectivity index (χ1v) is 8.49. The van der Waals surface area contributed by atoms with Crippen LogP contribution in [0.1, 0.15) is 40.5 Å². The van der Waals surface area contributed by atoms with E-state index in [9.17, 15) is 14.4 Å². The molecule has 0 N–H and O–H groups in total. The summed E-state index contributed by atoms with van der Waals surface area (Å²) in [6, 6.07) is 13.5. The number of hydrogen-bond acceptors (Lipinski definition) is 5. The number of fused-ring (bicyclic) bond motifs is 1. The molecule has 2 aromatic carbocycles. The monoisotopic (exact) mass is 353 g/mol. The smallest absolute Gasteiger partial charge is 0.313 e. The number of carbonyl (C=O) groups is 3. The quantitative estimate of drug-likeness (QED) is 0.434. The van der Waals surface area contributed by atoms with Crippen LogP contribution in [-0.2, 0) is 4.79 Å². The van der Waals surface area contributed by atoms with Gasteiger partial charge >= 0.3 is 5.97 Å². The van der Waals surface area contributed by atoms with E-state index >= 15 is 0 Å². The Morgan fingerprint density at radius 1 is 0.923 bits per heavy atom. The van der Waals surface area contributed by atoms with E-state index in [1.54, 1.807) is 48.5 Å². The maximum Gasteiger partial charge on any atom is 0.313 e. The van der Waals surface area contributed by atoms with E-state index < -0.39 is 5.97 Å². The zero-order chi connectivity index (χ0) is 18.5. The summed E-state index contributed by atoms with van der Waals surface area (Å²) >= 11 is 0. The van der Waals surface area contributed by atoms with E-state index in [4.69, 9.17) is 9.47 Å². The summed E-state index contributed by atoms with van der Waals surface area (Å²) in [5, 5.41) is 0. The van der Waals surface area contributed by atoms with Crippen LogP contribution in [0.25, 0.3) is 0 Å². The van der Waals surface area contributed by atoms with Crippen LogP contribution in [0.4, 0.5) is 0 Å². The van der Waals surface area contributed by atoms with Crippen molar-refractivity contribution in [3.8, 4) is 11.5 Å². The molecular weight excluding hydrogens is 334 g/mol. The third kappa shape index (κ3) is 3.59. The Bertz CT molecular complexity index is 811. The van der Waals surface area contributed by atoms with Crippen LogP contribution >= 0.6 is 0 Å². The maximum absolute atomic E-state index is 12.3. The second kappa shape index (κ2) is 7.82. The van der Waals surface area contributed by atoms with Gasteiger partial charge in [0.25, 0.3) is 11.8 Å². The van der Waals surface area contributed by atoms with Crippen LogP contribution in [-0.4, -0.2) is 35.8 Å². The van der Waals surface area contributed by atoms with Gasteiger partial charge in [-0.25, -0.2) is 0 Å². The van der Waals surface area contributed by atoms with Gasteiger partial charge < -0.3 is 9.47 Å². The van der Waals surface area contributed by atoms with Crippen molar-refractivity contribution in [2.45, 2.75) is 19.8 Å². The van der Waals surface area contributed by atoms with Crippen molar-refractivity contribution >= 4 is 17.8 Å². The zero-order valence-corrected chi connectivity index (χ0v) is 14.4. The minimum absolute atomic E-state index is 0.0246. The van der Waals surface area contributed by atoms with E-state index in [0.29, 0.717) is 29.2 Å². The van der Waals surface area contributed by atoms with Gasteiger partial charge in [-0.2, -0.15) is 0 Å². The fourth-order valence-corrected chi connectivity index (χ4v) is 2.68. The summed E-state index contributed by atoms with van der Waals surface area (Å²) in [5.41, 5.74) is 0.730. The van der Waals surface area contributed by atoms with Gasteiger partial charge in [-0.1, -0.05) is 31.2 Å². The topological polar surface area (TPSA) is 72.9 Å². The first-order chi connectivity index (χ1) is 12.6. The molecule has 1 heterocycles. The Hall–Kier alpha value is -3.15. The lowest BCUT2D eigenvalue weighted by molar-refractivity contribution is -0.134. The number of benzene rings is 2. The van der Waals surface area contributed by atoms with Crippen LogP contribution in [0, 0.1) is 0 Å². The molecule has 6 heteroatoms. The molecule has 0 atom stereocenters. The van der Waals surface area contributed by atoms with Gasteiger partial charge in [0.15, 0.2) is 11.5 Å². The van der Waals surface area contributed by atoms with Crippen LogP contribution in [0.5, 0.6) is 11.5 Å². The molecule has 0 aliphatic carbocycles. The molecule has 0 saturated carbocycles. The van der Waals surface area contributed by atoms with Gasteiger partial charge in [-0.3, -0.25) is 19.3 Å². The summed E-state index contributed by atoms with van der Waals surface area (Å²) < 4.78 is 10.9. The number of rotatable bonds is 7. The van der Waals surface area contributed by atoms with Crippen LogP contribution in [0.2, 0.25) is 0 Å². The largest absolute Gasteiger partial charge is 0.490 e. The number of para-hydroxylation sites is 2. The highest BCUT2D eigenvalue weighted by Crippen LogP contribution is 2.27. The summed E-state index contributed by atoms with van der Waals surface area (Å²) in [4.78, 5) is 37.8. The van der Waals surface area contributed by atoms with Crippen molar-refractivity contribution in [3.05, 3.63) is 59.7 Å². The summed E-state index contributed by atoms with van der Waals surface area (Å²) in [7, 11) is 0. The van der Waals surface area contributed by atoms with Gasteiger partial charge in [0.05, 0.1) is 24.2 Å². The van der Waals surface area contributed by atoms with Crippen molar-refractivity contribution in [2.75, 3.05) is 13.2 Å². The molecule has 0 unspecified atom stereocenters. The average Bonchev–Trinajstić information content (AvgIpc) is 2.90. The molecule has 0 bridgehead atoms. The Morgan fingerprint density at radius 2 is 1.50 bits per heavy atom. The molecule has 0 aromatic heterocycles. The summed E-state index contributed by atoms with van der Waals surface area (Å²) in [5.74, 6) is -0.485. The van der Waals surface area contributed by atoms with Gasteiger partial charge in [-0.05, 0) is 30.7 Å². The first-order valence-electron chi connectivity index (χ1n) is 8.49. The highest BCUT2D eigenvalue weighted by atomic mass is 16.6. The third-order valence-electron chi connectivity index (χ3n) is 3.95. The van der Waals surface area contributed by atoms with Crippen molar-refractivity contribution in [2.24, 2.45) is 0 Å². The molecule has 0 spiro atoms. The highest BCUT2D eigenvalue weighted by molar-refractivity contribution is 6.21. The molecule has 3 rings (SSSR count). The molecule has 134 valence electrons. The molecule has 1 aliphatic rings. The first kappa shape index (κ1) is 17.7. The summed E-state index contributed by atoms with van der Waals surface area (Å²) in [6.07, 6.45) is 0.746. The molecule has 0 fully saturated rings. The second-order valence-corrected chi connectivity index (χ2v) is 5.83. The average molecular weight is 353 g/mol. The fraction of sp³-hybridized carbons (Fsp3) is 0.250. The van der Waals surface area contributed by atoms with Crippen LogP contribution < -0.4 is 9.47 Å². The molecule has 0 radical (unpaired) electrons. The maximum atomic E-state index is 12.3. The normalized spacial score (nSPS) is 12.9. The van der Waals surface area contributed by atoms with Crippen molar-refractivity contribution < 1.29 is 23.9 Å².